The van der Waals surface area contributed by atoms with Crippen molar-refractivity contribution in [2.45, 2.75) is 25.7 Å². The summed E-state index contributed by atoms with van der Waals surface area (Å²) in [5.74, 6) is 0.225. The Morgan fingerprint density at radius 2 is 1.65 bits per heavy atom. The number of amides is 2. The number of carboxylic acid groups (broad SMARTS) is 1. The SMILES string of the molecule is CN(CC1CC1)C(=O)N(CC(=O)O)CC1CC1. The van der Waals surface area contributed by atoms with Gasteiger partial charge in [0.1, 0.15) is 6.54 Å². The molecule has 0 radical (unpaired) electrons. The van der Waals surface area contributed by atoms with Gasteiger partial charge in [-0.1, -0.05) is 0 Å². The van der Waals surface area contributed by atoms with E-state index in [1.54, 1.807) is 11.9 Å². The van der Waals surface area contributed by atoms with Gasteiger partial charge in [0.15, 0.2) is 0 Å². The van der Waals surface area contributed by atoms with E-state index in [0.717, 1.165) is 19.4 Å². The number of carbonyl (C=O) groups is 2. The van der Waals surface area contributed by atoms with E-state index in [1.165, 1.54) is 17.7 Å². The van der Waals surface area contributed by atoms with Crippen molar-refractivity contribution in [3.8, 4) is 0 Å². The molecule has 0 bridgehead atoms. The number of carbonyl (C=O) groups excluding carboxylic acids is 1. The molecular weight excluding hydrogens is 220 g/mol. The fourth-order valence-corrected chi connectivity index (χ4v) is 1.99. The number of urea groups is 1. The summed E-state index contributed by atoms with van der Waals surface area (Å²) in [7, 11) is 1.77. The third-order valence-corrected chi connectivity index (χ3v) is 3.33. The highest BCUT2D eigenvalue weighted by Gasteiger charge is 2.31. The molecule has 0 spiro atoms. The minimum Gasteiger partial charge on any atom is -0.480 e. The Bertz CT molecular complexity index is 311. The summed E-state index contributed by atoms with van der Waals surface area (Å²) >= 11 is 0. The number of carboxylic acids is 1. The normalized spacial score (nSPS) is 18.9. The molecule has 0 aromatic carbocycles. The van der Waals surface area contributed by atoms with Gasteiger partial charge in [-0.3, -0.25) is 4.79 Å². The van der Waals surface area contributed by atoms with Gasteiger partial charge < -0.3 is 14.9 Å². The van der Waals surface area contributed by atoms with Gasteiger partial charge in [-0.25, -0.2) is 4.79 Å². The van der Waals surface area contributed by atoms with Crippen LogP contribution < -0.4 is 0 Å². The molecule has 2 fully saturated rings. The average molecular weight is 240 g/mol. The predicted molar refractivity (Wildman–Crippen MR) is 62.7 cm³/mol. The van der Waals surface area contributed by atoms with Gasteiger partial charge >= 0.3 is 12.0 Å². The van der Waals surface area contributed by atoms with Crippen LogP contribution in [0.25, 0.3) is 0 Å². The van der Waals surface area contributed by atoms with Gasteiger partial charge in [0.2, 0.25) is 0 Å². The lowest BCUT2D eigenvalue weighted by atomic mass is 10.3. The summed E-state index contributed by atoms with van der Waals surface area (Å²) in [6.45, 7) is 1.18. The molecule has 0 aromatic rings. The van der Waals surface area contributed by atoms with E-state index in [9.17, 15) is 9.59 Å². The monoisotopic (exact) mass is 240 g/mol. The zero-order chi connectivity index (χ0) is 12.4. The van der Waals surface area contributed by atoms with Crippen molar-refractivity contribution in [2.75, 3.05) is 26.7 Å². The van der Waals surface area contributed by atoms with Crippen molar-refractivity contribution in [2.24, 2.45) is 11.8 Å². The van der Waals surface area contributed by atoms with Crippen LogP contribution in [0.15, 0.2) is 0 Å². The van der Waals surface area contributed by atoms with Crippen molar-refractivity contribution < 1.29 is 14.7 Å². The van der Waals surface area contributed by atoms with Crippen LogP contribution in [-0.4, -0.2) is 53.6 Å². The zero-order valence-corrected chi connectivity index (χ0v) is 10.3. The average Bonchev–Trinajstić information content (AvgIpc) is 3.09. The van der Waals surface area contributed by atoms with Crippen LogP contribution in [0.4, 0.5) is 4.79 Å². The van der Waals surface area contributed by atoms with Gasteiger partial charge in [0.05, 0.1) is 0 Å². The minimum absolute atomic E-state index is 0.133. The van der Waals surface area contributed by atoms with Crippen LogP contribution in [0.5, 0.6) is 0 Å². The van der Waals surface area contributed by atoms with Crippen molar-refractivity contribution >= 4 is 12.0 Å². The highest BCUT2D eigenvalue weighted by Crippen LogP contribution is 2.31. The highest BCUT2D eigenvalue weighted by atomic mass is 16.4. The molecule has 0 saturated heterocycles. The Morgan fingerprint density at radius 1 is 1.12 bits per heavy atom. The lowest BCUT2D eigenvalue weighted by Crippen LogP contribution is -2.45. The van der Waals surface area contributed by atoms with Crippen molar-refractivity contribution in [1.82, 2.24) is 9.80 Å². The first kappa shape index (κ1) is 12.2. The minimum atomic E-state index is -0.932. The molecule has 2 amide bonds. The van der Waals surface area contributed by atoms with Gasteiger partial charge in [-0.2, -0.15) is 0 Å². The van der Waals surface area contributed by atoms with Crippen LogP contribution in [0, 0.1) is 11.8 Å². The maximum absolute atomic E-state index is 12.1. The van der Waals surface area contributed by atoms with E-state index >= 15 is 0 Å². The standard InChI is InChI=1S/C12H20N2O3/c1-13(6-9-2-3-9)12(17)14(8-11(15)16)7-10-4-5-10/h9-10H,2-8H2,1H3,(H,15,16). The summed E-state index contributed by atoms with van der Waals surface area (Å²) in [5, 5.41) is 8.83. The molecule has 2 aliphatic carbocycles. The van der Waals surface area contributed by atoms with E-state index < -0.39 is 5.97 Å². The molecule has 17 heavy (non-hydrogen) atoms. The second kappa shape index (κ2) is 4.94. The number of nitrogens with zero attached hydrogens (tertiary/aromatic N) is 2. The lowest BCUT2D eigenvalue weighted by Gasteiger charge is -2.27. The van der Waals surface area contributed by atoms with Crippen molar-refractivity contribution in [1.29, 1.82) is 0 Å². The molecular formula is C12H20N2O3. The summed E-state index contributed by atoms with van der Waals surface area (Å²) < 4.78 is 0. The maximum Gasteiger partial charge on any atom is 0.323 e. The van der Waals surface area contributed by atoms with E-state index in [1.807, 2.05) is 0 Å². The second-order valence-corrected chi connectivity index (χ2v) is 5.32. The lowest BCUT2D eigenvalue weighted by molar-refractivity contribution is -0.137. The Kier molecular flexibility index (Phi) is 3.54. The van der Waals surface area contributed by atoms with Crippen LogP contribution in [-0.2, 0) is 4.79 Å². The topological polar surface area (TPSA) is 60.9 Å². The molecule has 0 atom stereocenters. The molecule has 5 nitrogen and oxygen atoms in total. The summed E-state index contributed by atoms with van der Waals surface area (Å²) in [6, 6.07) is -0.133. The van der Waals surface area contributed by atoms with E-state index in [4.69, 9.17) is 5.11 Å². The zero-order valence-electron chi connectivity index (χ0n) is 10.3. The van der Waals surface area contributed by atoms with Crippen LogP contribution in [0.3, 0.4) is 0 Å². The Hall–Kier alpha value is -1.26. The first-order chi connectivity index (χ1) is 8.06. The van der Waals surface area contributed by atoms with Crippen molar-refractivity contribution in [3.63, 3.8) is 0 Å². The highest BCUT2D eigenvalue weighted by molar-refractivity contribution is 5.80. The van der Waals surface area contributed by atoms with E-state index in [-0.39, 0.29) is 12.6 Å². The fourth-order valence-electron chi connectivity index (χ4n) is 1.99. The molecule has 0 aliphatic heterocycles. The van der Waals surface area contributed by atoms with Gasteiger partial charge in [-0.15, -0.1) is 0 Å². The molecule has 96 valence electrons. The number of rotatable bonds is 6. The van der Waals surface area contributed by atoms with Gasteiger partial charge in [-0.05, 0) is 37.5 Å². The summed E-state index contributed by atoms with van der Waals surface area (Å²) in [4.78, 5) is 26.0. The maximum atomic E-state index is 12.1. The largest absolute Gasteiger partial charge is 0.480 e. The third kappa shape index (κ3) is 3.91. The van der Waals surface area contributed by atoms with Crippen LogP contribution in [0.2, 0.25) is 0 Å². The third-order valence-electron chi connectivity index (χ3n) is 3.33. The number of aliphatic carboxylic acids is 1. The Balaban J connectivity index is 1.86. The van der Waals surface area contributed by atoms with E-state index in [2.05, 4.69) is 0 Å². The Labute approximate surface area is 101 Å². The van der Waals surface area contributed by atoms with Crippen LogP contribution >= 0.6 is 0 Å². The first-order valence-corrected chi connectivity index (χ1v) is 6.28. The van der Waals surface area contributed by atoms with Crippen LogP contribution in [0.1, 0.15) is 25.7 Å². The number of hydrogen-bond donors (Lipinski definition) is 1. The Morgan fingerprint density at radius 3 is 2.12 bits per heavy atom. The van der Waals surface area contributed by atoms with Crippen molar-refractivity contribution in [3.05, 3.63) is 0 Å². The first-order valence-electron chi connectivity index (χ1n) is 6.28. The van der Waals surface area contributed by atoms with E-state index in [0.29, 0.717) is 18.4 Å². The molecule has 2 saturated carbocycles. The molecule has 1 N–H and O–H groups in total. The molecule has 0 heterocycles. The molecule has 2 aliphatic rings. The second-order valence-electron chi connectivity index (χ2n) is 5.32. The molecule has 2 rings (SSSR count). The van der Waals surface area contributed by atoms with Gasteiger partial charge in [0, 0.05) is 20.1 Å². The quantitative estimate of drug-likeness (QED) is 0.760. The number of hydrogen-bond acceptors (Lipinski definition) is 2. The molecule has 0 unspecified atom stereocenters. The predicted octanol–water partition coefficient (Wildman–Crippen LogP) is 1.24. The fraction of sp³-hybridized carbons (Fsp3) is 0.833. The summed E-state index contributed by atoms with van der Waals surface area (Å²) in [5.41, 5.74) is 0. The molecule has 0 aromatic heterocycles. The molecule has 5 heteroatoms. The smallest absolute Gasteiger partial charge is 0.323 e. The summed E-state index contributed by atoms with van der Waals surface area (Å²) in [6.07, 6.45) is 4.63. The van der Waals surface area contributed by atoms with Gasteiger partial charge in [0.25, 0.3) is 0 Å².